The summed E-state index contributed by atoms with van der Waals surface area (Å²) in [5.41, 5.74) is 4.17. The average Bonchev–Trinajstić information content (AvgIpc) is 3.10. The van der Waals surface area contributed by atoms with Crippen LogP contribution in [-0.4, -0.2) is 42.0 Å². The van der Waals surface area contributed by atoms with Gasteiger partial charge in [-0.15, -0.1) is 0 Å². The van der Waals surface area contributed by atoms with Crippen LogP contribution in [0.25, 0.3) is 0 Å². The van der Waals surface area contributed by atoms with E-state index in [1.807, 2.05) is 6.08 Å². The molecule has 0 aliphatic heterocycles. The standard InChI is InChI=1S/C28H43NO4/c1-2-3-4-5-10-24(31)15-14-21-12-13-23-19-26-22(18-25(21)23)9-6-7-11-27(26)33-20-28(32)29-16-8-17-30/h7,9,11,14,23-25,30-31H,2-6,8,10,12-13,15-20H2,1H3,(H,29,32)/b21-14+. The highest BCUT2D eigenvalue weighted by molar-refractivity contribution is 5.77. The van der Waals surface area contributed by atoms with Gasteiger partial charge in [-0.3, -0.25) is 4.79 Å². The lowest BCUT2D eigenvalue weighted by Gasteiger charge is -2.31. The quantitative estimate of drug-likeness (QED) is 0.265. The zero-order valence-corrected chi connectivity index (χ0v) is 20.4. The molecule has 3 aliphatic rings. The molecule has 0 bridgehead atoms. The summed E-state index contributed by atoms with van der Waals surface area (Å²) in [6.45, 7) is 2.77. The van der Waals surface area contributed by atoms with Crippen LogP contribution in [0, 0.1) is 11.8 Å². The van der Waals surface area contributed by atoms with Gasteiger partial charge in [0.2, 0.25) is 0 Å². The topological polar surface area (TPSA) is 78.8 Å². The van der Waals surface area contributed by atoms with Gasteiger partial charge in [-0.2, -0.15) is 0 Å². The number of hydrogen-bond donors (Lipinski definition) is 3. The van der Waals surface area contributed by atoms with Crippen molar-refractivity contribution in [1.82, 2.24) is 5.32 Å². The fraction of sp³-hybridized carbons (Fsp3) is 0.679. The molecule has 0 aromatic rings. The first-order valence-corrected chi connectivity index (χ1v) is 13.1. The zero-order chi connectivity index (χ0) is 23.5. The Hall–Kier alpha value is -1.85. The van der Waals surface area contributed by atoms with Crippen molar-refractivity contribution < 1.29 is 19.7 Å². The molecule has 3 rings (SSSR count). The molecule has 1 amide bonds. The summed E-state index contributed by atoms with van der Waals surface area (Å²) in [5.74, 6) is 1.89. The minimum atomic E-state index is -0.211. The summed E-state index contributed by atoms with van der Waals surface area (Å²) in [6, 6.07) is 0. The fourth-order valence-electron chi connectivity index (χ4n) is 5.39. The Balaban J connectivity index is 1.57. The number of hydrogen-bond acceptors (Lipinski definition) is 4. The monoisotopic (exact) mass is 457 g/mol. The van der Waals surface area contributed by atoms with E-state index in [0.717, 1.165) is 50.7 Å². The third-order valence-corrected chi connectivity index (χ3v) is 7.27. The Morgan fingerprint density at radius 2 is 2.15 bits per heavy atom. The average molecular weight is 458 g/mol. The van der Waals surface area contributed by atoms with Gasteiger partial charge < -0.3 is 20.3 Å². The van der Waals surface area contributed by atoms with Gasteiger partial charge in [0, 0.05) is 13.2 Å². The third-order valence-electron chi connectivity index (χ3n) is 7.27. The second-order valence-corrected chi connectivity index (χ2v) is 9.76. The molecule has 0 radical (unpaired) electrons. The van der Waals surface area contributed by atoms with E-state index in [1.165, 1.54) is 42.4 Å². The lowest BCUT2D eigenvalue weighted by Crippen LogP contribution is -2.29. The number of unbranched alkanes of at least 4 members (excludes halogenated alkanes) is 3. The van der Waals surface area contributed by atoms with Gasteiger partial charge >= 0.3 is 0 Å². The molecular weight excluding hydrogens is 414 g/mol. The van der Waals surface area contributed by atoms with Gasteiger partial charge in [0.15, 0.2) is 6.61 Å². The first-order chi connectivity index (χ1) is 16.1. The molecule has 0 aromatic carbocycles. The van der Waals surface area contributed by atoms with Crippen LogP contribution in [0.3, 0.4) is 0 Å². The summed E-state index contributed by atoms with van der Waals surface area (Å²) in [5, 5.41) is 22.0. The molecule has 3 aliphatic carbocycles. The molecule has 0 saturated heterocycles. The Bertz CT molecular complexity index is 764. The summed E-state index contributed by atoms with van der Waals surface area (Å²) >= 11 is 0. The second kappa shape index (κ2) is 13.8. The number of nitrogens with one attached hydrogen (secondary N) is 1. The Kier molecular flexibility index (Phi) is 10.7. The zero-order valence-electron chi connectivity index (χ0n) is 20.4. The number of amides is 1. The maximum absolute atomic E-state index is 12.1. The largest absolute Gasteiger partial charge is 0.483 e. The highest BCUT2D eigenvalue weighted by atomic mass is 16.5. The lowest BCUT2D eigenvalue weighted by atomic mass is 9.74. The van der Waals surface area contributed by atoms with Gasteiger partial charge in [0.25, 0.3) is 5.91 Å². The molecule has 2 saturated carbocycles. The van der Waals surface area contributed by atoms with E-state index in [0.29, 0.717) is 24.8 Å². The molecular formula is C28H43NO4. The predicted molar refractivity (Wildman–Crippen MR) is 132 cm³/mol. The van der Waals surface area contributed by atoms with E-state index >= 15 is 0 Å². The molecule has 5 heteroatoms. The van der Waals surface area contributed by atoms with Gasteiger partial charge in [-0.25, -0.2) is 0 Å². The van der Waals surface area contributed by atoms with E-state index in [1.54, 1.807) is 0 Å². The highest BCUT2D eigenvalue weighted by Crippen LogP contribution is 2.50. The number of aliphatic hydroxyl groups excluding tert-OH is 2. The molecule has 5 nitrogen and oxygen atoms in total. The minimum Gasteiger partial charge on any atom is -0.483 e. The van der Waals surface area contributed by atoms with Crippen LogP contribution in [0.4, 0.5) is 0 Å². The number of carbonyl (C=O) groups is 1. The fourth-order valence-corrected chi connectivity index (χ4v) is 5.39. The van der Waals surface area contributed by atoms with Gasteiger partial charge in [0.1, 0.15) is 5.76 Å². The number of allylic oxidation sites excluding steroid dienone is 6. The Labute approximate surface area is 199 Å². The first kappa shape index (κ1) is 25.8. The van der Waals surface area contributed by atoms with Crippen molar-refractivity contribution in [2.24, 2.45) is 11.8 Å². The van der Waals surface area contributed by atoms with Gasteiger partial charge in [0.05, 0.1) is 6.10 Å². The van der Waals surface area contributed by atoms with Crippen molar-refractivity contribution in [3.05, 3.63) is 46.8 Å². The number of rotatable bonds is 13. The summed E-state index contributed by atoms with van der Waals surface area (Å²) in [7, 11) is 0. The van der Waals surface area contributed by atoms with Crippen molar-refractivity contribution in [3.8, 4) is 0 Å². The number of aliphatic hydroxyl groups is 2. The van der Waals surface area contributed by atoms with Crippen molar-refractivity contribution >= 4 is 5.91 Å². The highest BCUT2D eigenvalue weighted by Gasteiger charge is 2.38. The molecule has 0 spiro atoms. The van der Waals surface area contributed by atoms with Crippen LogP contribution in [0.1, 0.15) is 84.0 Å². The molecule has 184 valence electrons. The molecule has 3 N–H and O–H groups in total. The SMILES string of the molecule is CCCCCCC(O)C/C=C1\CCC2CC3=C(OCC(=O)NCCCO)C=CCC=C3CC12. The Morgan fingerprint density at radius 1 is 1.27 bits per heavy atom. The molecule has 2 fully saturated rings. The van der Waals surface area contributed by atoms with E-state index in [4.69, 9.17) is 9.84 Å². The molecule has 3 unspecified atom stereocenters. The van der Waals surface area contributed by atoms with Crippen LogP contribution in [0.15, 0.2) is 46.8 Å². The summed E-state index contributed by atoms with van der Waals surface area (Å²) < 4.78 is 5.96. The van der Waals surface area contributed by atoms with Crippen molar-refractivity contribution in [2.45, 2.75) is 90.1 Å². The van der Waals surface area contributed by atoms with Crippen molar-refractivity contribution in [1.29, 1.82) is 0 Å². The third kappa shape index (κ3) is 7.86. The molecule has 33 heavy (non-hydrogen) atoms. The maximum Gasteiger partial charge on any atom is 0.257 e. The number of fused-ring (bicyclic) bond motifs is 2. The van der Waals surface area contributed by atoms with Gasteiger partial charge in [-0.05, 0) is 80.4 Å². The van der Waals surface area contributed by atoms with Crippen LogP contribution in [0.5, 0.6) is 0 Å². The van der Waals surface area contributed by atoms with Crippen LogP contribution in [-0.2, 0) is 9.53 Å². The van der Waals surface area contributed by atoms with Crippen LogP contribution in [0.2, 0.25) is 0 Å². The maximum atomic E-state index is 12.1. The lowest BCUT2D eigenvalue weighted by molar-refractivity contribution is -0.124. The van der Waals surface area contributed by atoms with Gasteiger partial charge in [-0.1, -0.05) is 56.4 Å². The first-order valence-electron chi connectivity index (χ1n) is 13.1. The number of carbonyl (C=O) groups excluding carboxylic acids is 1. The molecule has 0 heterocycles. The molecule has 3 atom stereocenters. The normalized spacial score (nSPS) is 24.2. The van der Waals surface area contributed by atoms with Crippen LogP contribution < -0.4 is 5.32 Å². The number of ether oxygens (including phenoxy) is 1. The minimum absolute atomic E-state index is 0.0112. The predicted octanol–water partition coefficient (Wildman–Crippen LogP) is 5.11. The molecule has 0 aromatic heterocycles. The Morgan fingerprint density at radius 3 is 2.97 bits per heavy atom. The second-order valence-electron chi connectivity index (χ2n) is 9.76. The summed E-state index contributed by atoms with van der Waals surface area (Å²) in [4.78, 5) is 12.1. The van der Waals surface area contributed by atoms with E-state index in [9.17, 15) is 9.90 Å². The summed E-state index contributed by atoms with van der Waals surface area (Å²) in [6.07, 6.45) is 20.9. The van der Waals surface area contributed by atoms with E-state index in [2.05, 4.69) is 30.5 Å². The van der Waals surface area contributed by atoms with E-state index < -0.39 is 0 Å². The van der Waals surface area contributed by atoms with Crippen molar-refractivity contribution in [2.75, 3.05) is 19.8 Å². The smallest absolute Gasteiger partial charge is 0.257 e. The van der Waals surface area contributed by atoms with E-state index in [-0.39, 0.29) is 25.2 Å². The van der Waals surface area contributed by atoms with Crippen molar-refractivity contribution in [3.63, 3.8) is 0 Å². The van der Waals surface area contributed by atoms with Crippen LogP contribution >= 0.6 is 0 Å².